The van der Waals surface area contributed by atoms with Gasteiger partial charge in [0.05, 0.1) is 12.8 Å². The van der Waals surface area contributed by atoms with E-state index >= 15 is 0 Å². The predicted molar refractivity (Wildman–Crippen MR) is 82.0 cm³/mol. The highest BCUT2D eigenvalue weighted by Gasteiger charge is 2.09. The van der Waals surface area contributed by atoms with E-state index in [1.54, 1.807) is 24.3 Å². The van der Waals surface area contributed by atoms with Crippen LogP contribution in [0.15, 0.2) is 41.5 Å². The molecule has 0 saturated carbocycles. The lowest BCUT2D eigenvalue weighted by molar-refractivity contribution is -0.119. The quantitative estimate of drug-likeness (QED) is 0.498. The van der Waals surface area contributed by atoms with Gasteiger partial charge >= 0.3 is 0 Å². The van der Waals surface area contributed by atoms with E-state index in [4.69, 9.17) is 11.6 Å². The number of carbonyl (C=O) groups is 1. The Morgan fingerprint density at radius 1 is 1.13 bits per heavy atom. The molecule has 0 heterocycles. The Bertz CT molecular complexity index is 712. The molecule has 1 amide bonds. The van der Waals surface area contributed by atoms with Crippen LogP contribution in [-0.4, -0.2) is 18.7 Å². The fraction of sp³-hybridized carbons (Fsp3) is 0.0667. The molecule has 0 saturated heterocycles. The van der Waals surface area contributed by atoms with Crippen molar-refractivity contribution >= 4 is 29.4 Å². The molecule has 0 atom stereocenters. The number of carbonyl (C=O) groups excluding carboxylic acids is 1. The van der Waals surface area contributed by atoms with Gasteiger partial charge in [0.1, 0.15) is 0 Å². The Balaban J connectivity index is 1.85. The third kappa shape index (κ3) is 5.00. The summed E-state index contributed by atoms with van der Waals surface area (Å²) in [5.74, 6) is -4.69. The molecule has 0 fully saturated rings. The van der Waals surface area contributed by atoms with Crippen LogP contribution in [0.2, 0.25) is 5.02 Å². The Morgan fingerprint density at radius 2 is 1.74 bits per heavy atom. The van der Waals surface area contributed by atoms with Gasteiger partial charge in [0, 0.05) is 16.3 Å². The lowest BCUT2D eigenvalue weighted by Gasteiger charge is -2.05. The third-order valence-corrected chi connectivity index (χ3v) is 2.96. The number of rotatable bonds is 5. The summed E-state index contributed by atoms with van der Waals surface area (Å²) in [6.07, 6.45) is 1.01. The van der Waals surface area contributed by atoms with Gasteiger partial charge in [0.2, 0.25) is 0 Å². The number of nitrogens with one attached hydrogen (secondary N) is 2. The molecule has 0 radical (unpaired) electrons. The normalized spacial score (nSPS) is 10.8. The van der Waals surface area contributed by atoms with Crippen molar-refractivity contribution in [3.05, 3.63) is 64.4 Å². The predicted octanol–water partition coefficient (Wildman–Crippen LogP) is 3.32. The second-order valence-electron chi connectivity index (χ2n) is 4.45. The number of hydrogen-bond acceptors (Lipinski definition) is 3. The minimum Gasteiger partial charge on any atom is -0.376 e. The molecule has 2 aromatic rings. The van der Waals surface area contributed by atoms with Crippen molar-refractivity contribution in [3.8, 4) is 0 Å². The largest absolute Gasteiger partial charge is 0.376 e. The van der Waals surface area contributed by atoms with Crippen LogP contribution in [0.25, 0.3) is 0 Å². The molecule has 0 aliphatic heterocycles. The van der Waals surface area contributed by atoms with Crippen molar-refractivity contribution in [3.63, 3.8) is 0 Å². The summed E-state index contributed by atoms with van der Waals surface area (Å²) in [4.78, 5) is 11.5. The Labute approximate surface area is 135 Å². The fourth-order valence-corrected chi connectivity index (χ4v) is 1.74. The van der Waals surface area contributed by atoms with E-state index in [2.05, 4.69) is 15.8 Å². The number of anilines is 1. The van der Waals surface area contributed by atoms with Crippen LogP contribution in [0.5, 0.6) is 0 Å². The van der Waals surface area contributed by atoms with E-state index in [1.807, 2.05) is 0 Å². The van der Waals surface area contributed by atoms with Crippen molar-refractivity contribution < 1.29 is 18.0 Å². The maximum Gasteiger partial charge on any atom is 0.259 e. The number of nitrogens with zero attached hydrogens (tertiary/aromatic N) is 1. The molecule has 0 aromatic heterocycles. The first-order valence-corrected chi connectivity index (χ1v) is 6.79. The summed E-state index contributed by atoms with van der Waals surface area (Å²) < 4.78 is 38.7. The number of hydrazone groups is 1. The van der Waals surface area contributed by atoms with Crippen molar-refractivity contribution in [2.24, 2.45) is 5.10 Å². The summed E-state index contributed by atoms with van der Waals surface area (Å²) >= 11 is 5.73. The zero-order valence-corrected chi connectivity index (χ0v) is 12.4. The topological polar surface area (TPSA) is 53.5 Å². The van der Waals surface area contributed by atoms with Gasteiger partial charge in [-0.25, -0.2) is 18.6 Å². The molecule has 120 valence electrons. The van der Waals surface area contributed by atoms with Gasteiger partial charge < -0.3 is 5.32 Å². The van der Waals surface area contributed by atoms with Gasteiger partial charge in [-0.3, -0.25) is 4.79 Å². The van der Waals surface area contributed by atoms with Crippen LogP contribution in [0.3, 0.4) is 0 Å². The number of amides is 1. The zero-order chi connectivity index (χ0) is 16.8. The molecule has 0 spiro atoms. The van der Waals surface area contributed by atoms with Crippen LogP contribution in [0.4, 0.5) is 18.9 Å². The molecule has 0 aliphatic rings. The van der Waals surface area contributed by atoms with E-state index in [1.165, 1.54) is 0 Å². The smallest absolute Gasteiger partial charge is 0.259 e. The second kappa shape index (κ2) is 7.64. The fourth-order valence-electron chi connectivity index (χ4n) is 1.62. The third-order valence-electron chi connectivity index (χ3n) is 2.71. The van der Waals surface area contributed by atoms with Crippen molar-refractivity contribution in [1.29, 1.82) is 0 Å². The first-order valence-electron chi connectivity index (χ1n) is 6.41. The van der Waals surface area contributed by atoms with Gasteiger partial charge in [-0.15, -0.1) is 0 Å². The average molecular weight is 342 g/mol. The van der Waals surface area contributed by atoms with Gasteiger partial charge in [0.25, 0.3) is 5.91 Å². The Morgan fingerprint density at radius 3 is 2.35 bits per heavy atom. The van der Waals surface area contributed by atoms with E-state index < -0.39 is 23.4 Å². The molecule has 2 rings (SSSR count). The van der Waals surface area contributed by atoms with Crippen LogP contribution in [0.1, 0.15) is 5.56 Å². The van der Waals surface area contributed by atoms with Crippen LogP contribution in [0, 0.1) is 17.5 Å². The molecule has 2 aromatic carbocycles. The number of hydrogen-bond donors (Lipinski definition) is 2. The standard InChI is InChI=1S/C15H11ClF3N3O/c16-10-1-3-11(4-2-10)20-8-14(23)22-21-7-9-5-12(17)15(19)13(18)6-9/h1-7,20H,8H2,(H,22,23). The molecule has 0 unspecified atom stereocenters. The van der Waals surface area contributed by atoms with Crippen LogP contribution >= 0.6 is 11.6 Å². The SMILES string of the molecule is O=C(CNc1ccc(Cl)cc1)NN=Cc1cc(F)c(F)c(F)c1. The van der Waals surface area contributed by atoms with E-state index in [0.29, 0.717) is 10.7 Å². The average Bonchev–Trinajstić information content (AvgIpc) is 2.52. The first kappa shape index (κ1) is 16.8. The lowest BCUT2D eigenvalue weighted by atomic mass is 10.2. The Hall–Kier alpha value is -2.54. The van der Waals surface area contributed by atoms with Crippen LogP contribution < -0.4 is 10.7 Å². The van der Waals surface area contributed by atoms with Gasteiger partial charge in [-0.2, -0.15) is 5.10 Å². The molecule has 0 bridgehead atoms. The first-order chi connectivity index (χ1) is 11.0. The van der Waals surface area contributed by atoms with Crippen molar-refractivity contribution in [1.82, 2.24) is 5.43 Å². The summed E-state index contributed by atoms with van der Waals surface area (Å²) in [7, 11) is 0. The number of halogens is 4. The molecule has 0 aliphatic carbocycles. The van der Waals surface area contributed by atoms with E-state index in [0.717, 1.165) is 18.3 Å². The van der Waals surface area contributed by atoms with E-state index in [-0.39, 0.29) is 12.1 Å². The lowest BCUT2D eigenvalue weighted by Crippen LogP contribution is -2.25. The van der Waals surface area contributed by atoms with Gasteiger partial charge in [-0.05, 0) is 36.4 Å². The van der Waals surface area contributed by atoms with Crippen molar-refractivity contribution in [2.75, 3.05) is 11.9 Å². The summed E-state index contributed by atoms with van der Waals surface area (Å²) in [6, 6.07) is 8.25. The maximum absolute atomic E-state index is 13.0. The summed E-state index contributed by atoms with van der Waals surface area (Å²) in [6.45, 7) is -0.0644. The highest BCUT2D eigenvalue weighted by atomic mass is 35.5. The maximum atomic E-state index is 13.0. The van der Waals surface area contributed by atoms with E-state index in [9.17, 15) is 18.0 Å². The highest BCUT2D eigenvalue weighted by Crippen LogP contribution is 2.13. The van der Waals surface area contributed by atoms with Gasteiger partial charge in [-0.1, -0.05) is 11.6 Å². The highest BCUT2D eigenvalue weighted by molar-refractivity contribution is 6.30. The van der Waals surface area contributed by atoms with Gasteiger partial charge in [0.15, 0.2) is 17.5 Å². The molecular weight excluding hydrogens is 331 g/mol. The molecule has 23 heavy (non-hydrogen) atoms. The molecule has 2 N–H and O–H groups in total. The molecular formula is C15H11ClF3N3O. The number of benzene rings is 2. The minimum absolute atomic E-state index is 0.0210. The molecule has 8 heteroatoms. The molecule has 4 nitrogen and oxygen atoms in total. The van der Waals surface area contributed by atoms with Crippen LogP contribution in [-0.2, 0) is 4.79 Å². The van der Waals surface area contributed by atoms with Crippen molar-refractivity contribution in [2.45, 2.75) is 0 Å². The Kier molecular flexibility index (Phi) is 5.59. The monoisotopic (exact) mass is 341 g/mol. The zero-order valence-electron chi connectivity index (χ0n) is 11.6. The summed E-state index contributed by atoms with van der Waals surface area (Å²) in [5.41, 5.74) is 2.84. The second-order valence-corrected chi connectivity index (χ2v) is 4.89. The summed E-state index contributed by atoms with van der Waals surface area (Å²) in [5, 5.41) is 6.94. The minimum atomic E-state index is -1.56.